The number of allylic oxidation sites excluding steroid dienone is 2. The van der Waals surface area contributed by atoms with Crippen LogP contribution in [0, 0.1) is 30.6 Å². The summed E-state index contributed by atoms with van der Waals surface area (Å²) in [6.45, 7) is 1.16. The number of nitrogens with one attached hydrogen (secondary N) is 1. The number of amides is 3. The number of nitrogens with zero attached hydrogens (tertiary/aromatic N) is 2. The van der Waals surface area contributed by atoms with E-state index in [0.717, 1.165) is 6.42 Å². The predicted octanol–water partition coefficient (Wildman–Crippen LogP) is 2.09. The van der Waals surface area contributed by atoms with E-state index in [0.29, 0.717) is 11.4 Å². The lowest BCUT2D eigenvalue weighted by Crippen LogP contribution is -2.33. The molecule has 5 rings (SSSR count). The Morgan fingerprint density at radius 1 is 1.16 bits per heavy atom. The number of carbonyl (C=O) groups excluding carboxylic acids is 4. The molecule has 1 aliphatic heterocycles. The Bertz CT molecular complexity index is 1110. The first-order valence-electron chi connectivity index (χ1n) is 9.99. The number of benzene rings is 1. The van der Waals surface area contributed by atoms with Crippen LogP contribution in [-0.2, 0) is 19.1 Å². The van der Waals surface area contributed by atoms with E-state index in [9.17, 15) is 19.2 Å². The fourth-order valence-electron chi connectivity index (χ4n) is 4.75. The summed E-state index contributed by atoms with van der Waals surface area (Å²) < 4.78 is 9.90. The zero-order valence-corrected chi connectivity index (χ0v) is 16.6. The van der Waals surface area contributed by atoms with Crippen LogP contribution >= 0.6 is 0 Å². The van der Waals surface area contributed by atoms with Gasteiger partial charge in [0.25, 0.3) is 5.91 Å². The number of carbonyl (C=O) groups is 4. The Kier molecular flexibility index (Phi) is 4.46. The van der Waals surface area contributed by atoms with Gasteiger partial charge in [-0.1, -0.05) is 23.4 Å². The van der Waals surface area contributed by atoms with Crippen molar-refractivity contribution in [2.45, 2.75) is 13.3 Å². The Labute approximate surface area is 177 Å². The molecule has 3 aliphatic rings. The van der Waals surface area contributed by atoms with Crippen molar-refractivity contribution in [3.8, 4) is 0 Å². The summed E-state index contributed by atoms with van der Waals surface area (Å²) >= 11 is 0. The molecule has 31 heavy (non-hydrogen) atoms. The molecule has 9 nitrogen and oxygen atoms in total. The van der Waals surface area contributed by atoms with Gasteiger partial charge in [0.2, 0.25) is 11.8 Å². The average Bonchev–Trinajstić information content (AvgIpc) is 3.51. The van der Waals surface area contributed by atoms with Gasteiger partial charge in [-0.05, 0) is 43.4 Å². The molecule has 1 saturated heterocycles. The number of rotatable bonds is 5. The number of aromatic nitrogens is 1. The second kappa shape index (κ2) is 7.19. The molecule has 0 spiro atoms. The topological polar surface area (TPSA) is 119 Å². The highest BCUT2D eigenvalue weighted by Gasteiger charge is 2.59. The molecule has 2 bridgehead atoms. The fourth-order valence-corrected chi connectivity index (χ4v) is 4.75. The van der Waals surface area contributed by atoms with Crippen LogP contribution in [0.15, 0.2) is 47.0 Å². The summed E-state index contributed by atoms with van der Waals surface area (Å²) in [6, 6.07) is 7.66. The quantitative estimate of drug-likeness (QED) is 0.446. The minimum Gasteiger partial charge on any atom is -0.452 e. The van der Waals surface area contributed by atoms with Gasteiger partial charge in [0.05, 0.1) is 23.1 Å². The number of hydrogen-bond acceptors (Lipinski definition) is 7. The highest BCUT2D eigenvalue weighted by Crippen LogP contribution is 2.53. The van der Waals surface area contributed by atoms with E-state index in [1.54, 1.807) is 19.1 Å². The van der Waals surface area contributed by atoms with Crippen molar-refractivity contribution in [3.05, 3.63) is 53.8 Å². The normalized spacial score (nSPS) is 25.8. The Morgan fingerprint density at radius 3 is 2.52 bits per heavy atom. The van der Waals surface area contributed by atoms with E-state index >= 15 is 0 Å². The smallest absolute Gasteiger partial charge is 0.338 e. The van der Waals surface area contributed by atoms with Gasteiger partial charge in [0.1, 0.15) is 5.76 Å². The first-order chi connectivity index (χ1) is 14.9. The number of imide groups is 1. The monoisotopic (exact) mass is 421 g/mol. The molecule has 9 heteroatoms. The standard InChI is InChI=1S/C22H19N3O6/c1-11-7-16(24-31-11)23-17(26)10-30-22(29)14-3-2-4-15(9-14)25-20(27)18-12-5-6-13(8-12)19(18)21(25)28/h2-7,9,12-13,18-19H,8,10H2,1H3,(H,23,24,26)/t12-,13-,18+,19+/m0/s1. The van der Waals surface area contributed by atoms with Crippen LogP contribution < -0.4 is 10.2 Å². The molecule has 1 aromatic carbocycles. The number of hydrogen-bond donors (Lipinski definition) is 1. The van der Waals surface area contributed by atoms with Crippen LogP contribution in [0.4, 0.5) is 11.5 Å². The van der Waals surface area contributed by atoms with Crippen molar-refractivity contribution in [1.82, 2.24) is 5.16 Å². The average molecular weight is 421 g/mol. The van der Waals surface area contributed by atoms with E-state index in [1.807, 2.05) is 12.2 Å². The van der Waals surface area contributed by atoms with E-state index in [4.69, 9.17) is 9.26 Å². The molecular formula is C22H19N3O6. The third-order valence-electron chi connectivity index (χ3n) is 6.04. The Hall–Kier alpha value is -3.75. The van der Waals surface area contributed by atoms with Crippen molar-refractivity contribution >= 4 is 35.2 Å². The van der Waals surface area contributed by atoms with Crippen LogP contribution in [0.3, 0.4) is 0 Å². The highest BCUT2D eigenvalue weighted by atomic mass is 16.5. The van der Waals surface area contributed by atoms with E-state index in [1.165, 1.54) is 23.1 Å². The number of esters is 1. The molecule has 1 aromatic heterocycles. The second-order valence-corrected chi connectivity index (χ2v) is 8.01. The molecule has 1 N–H and O–H groups in total. The van der Waals surface area contributed by atoms with Crippen molar-refractivity contribution in [2.75, 3.05) is 16.8 Å². The minimum atomic E-state index is -0.741. The van der Waals surface area contributed by atoms with Gasteiger partial charge in [-0.3, -0.25) is 14.4 Å². The number of aryl methyl sites for hydroxylation is 1. The number of anilines is 2. The Balaban J connectivity index is 1.26. The zero-order chi connectivity index (χ0) is 21.7. The first kappa shape index (κ1) is 19.2. The van der Waals surface area contributed by atoms with Crippen LogP contribution in [-0.4, -0.2) is 35.5 Å². The molecule has 0 unspecified atom stereocenters. The van der Waals surface area contributed by atoms with Gasteiger partial charge < -0.3 is 14.6 Å². The number of ether oxygens (including phenoxy) is 1. The minimum absolute atomic E-state index is 0.108. The SMILES string of the molecule is Cc1cc(NC(=O)COC(=O)c2cccc(N3C(=O)[C@H]4[C@H](C3=O)[C@H]3C=C[C@H]4C3)c2)no1. The maximum absolute atomic E-state index is 12.9. The molecule has 3 amide bonds. The van der Waals surface area contributed by atoms with Crippen molar-refractivity contribution in [3.63, 3.8) is 0 Å². The van der Waals surface area contributed by atoms with Gasteiger partial charge in [0.15, 0.2) is 12.4 Å². The van der Waals surface area contributed by atoms with Gasteiger partial charge in [0, 0.05) is 6.07 Å². The van der Waals surface area contributed by atoms with E-state index in [-0.39, 0.29) is 46.9 Å². The van der Waals surface area contributed by atoms with Gasteiger partial charge in [-0.25, -0.2) is 9.69 Å². The fraction of sp³-hybridized carbons (Fsp3) is 0.318. The summed E-state index contributed by atoms with van der Waals surface area (Å²) in [6.07, 6.45) is 4.91. The number of fused-ring (bicyclic) bond motifs is 5. The highest BCUT2D eigenvalue weighted by molar-refractivity contribution is 6.23. The third-order valence-corrected chi connectivity index (χ3v) is 6.04. The second-order valence-electron chi connectivity index (χ2n) is 8.01. The molecule has 2 heterocycles. The molecule has 0 radical (unpaired) electrons. The lowest BCUT2D eigenvalue weighted by atomic mass is 9.85. The molecule has 158 valence electrons. The summed E-state index contributed by atoms with van der Waals surface area (Å²) in [5.41, 5.74) is 0.474. The molecule has 4 atom stereocenters. The molecule has 1 saturated carbocycles. The van der Waals surface area contributed by atoms with Gasteiger partial charge >= 0.3 is 5.97 Å². The van der Waals surface area contributed by atoms with E-state index < -0.39 is 18.5 Å². The van der Waals surface area contributed by atoms with Crippen LogP contribution in [0.2, 0.25) is 0 Å². The van der Waals surface area contributed by atoms with Crippen LogP contribution in [0.1, 0.15) is 22.5 Å². The van der Waals surface area contributed by atoms with Gasteiger partial charge in [-0.15, -0.1) is 0 Å². The first-order valence-corrected chi connectivity index (χ1v) is 9.99. The summed E-state index contributed by atoms with van der Waals surface area (Å²) in [4.78, 5) is 51.4. The van der Waals surface area contributed by atoms with E-state index in [2.05, 4.69) is 10.5 Å². The summed E-state index contributed by atoms with van der Waals surface area (Å²) in [5, 5.41) is 6.08. The maximum atomic E-state index is 12.9. The largest absolute Gasteiger partial charge is 0.452 e. The summed E-state index contributed by atoms with van der Waals surface area (Å²) in [7, 11) is 0. The molecule has 2 aromatic rings. The van der Waals surface area contributed by atoms with Crippen LogP contribution in [0.25, 0.3) is 0 Å². The summed E-state index contributed by atoms with van der Waals surface area (Å²) in [5.74, 6) is -1.42. The zero-order valence-electron chi connectivity index (χ0n) is 16.6. The predicted molar refractivity (Wildman–Crippen MR) is 107 cm³/mol. The molecule has 2 aliphatic carbocycles. The lowest BCUT2D eigenvalue weighted by molar-refractivity contribution is -0.123. The maximum Gasteiger partial charge on any atom is 0.338 e. The van der Waals surface area contributed by atoms with Crippen molar-refractivity contribution < 1.29 is 28.4 Å². The van der Waals surface area contributed by atoms with Crippen molar-refractivity contribution in [2.24, 2.45) is 23.7 Å². The molecule has 2 fully saturated rings. The third kappa shape index (κ3) is 3.22. The van der Waals surface area contributed by atoms with Gasteiger partial charge in [-0.2, -0.15) is 0 Å². The van der Waals surface area contributed by atoms with Crippen molar-refractivity contribution in [1.29, 1.82) is 0 Å². The van der Waals surface area contributed by atoms with Crippen LogP contribution in [0.5, 0.6) is 0 Å². The Morgan fingerprint density at radius 2 is 1.87 bits per heavy atom. The molecular weight excluding hydrogens is 402 g/mol. The lowest BCUT2D eigenvalue weighted by Gasteiger charge is -2.17.